The first kappa shape index (κ1) is 34.4. The highest BCUT2D eigenvalue weighted by Crippen LogP contribution is 2.27. The Morgan fingerprint density at radius 3 is 2.31 bits per heavy atom. The largest absolute Gasteiger partial charge is 0.458 e. The molecule has 2 N–H and O–H groups in total. The van der Waals surface area contributed by atoms with Gasteiger partial charge in [0, 0.05) is 39.1 Å². The van der Waals surface area contributed by atoms with E-state index in [-0.39, 0.29) is 17.9 Å². The van der Waals surface area contributed by atoms with Crippen molar-refractivity contribution in [2.45, 2.75) is 69.5 Å². The van der Waals surface area contributed by atoms with Crippen molar-refractivity contribution in [1.29, 1.82) is 0 Å². The lowest BCUT2D eigenvalue weighted by atomic mass is 10.0. The minimum absolute atomic E-state index is 0.0874. The number of aryl methyl sites for hydroxylation is 1. The van der Waals surface area contributed by atoms with Gasteiger partial charge >= 0.3 is 12.1 Å². The van der Waals surface area contributed by atoms with E-state index in [1.54, 1.807) is 57.2 Å². The molecule has 2 fully saturated rings. The van der Waals surface area contributed by atoms with Crippen LogP contribution in [0.1, 0.15) is 44.7 Å². The van der Waals surface area contributed by atoms with Gasteiger partial charge in [0.1, 0.15) is 23.4 Å². The Labute approximate surface area is 265 Å². The van der Waals surface area contributed by atoms with Crippen molar-refractivity contribution in [2.75, 3.05) is 45.9 Å². The number of hydrogen-bond acceptors (Lipinski definition) is 9. The summed E-state index contributed by atoms with van der Waals surface area (Å²) in [6, 6.07) is 11.1. The van der Waals surface area contributed by atoms with E-state index in [1.807, 2.05) is 6.92 Å². The highest BCUT2D eigenvalue weighted by atomic mass is 32.2. The number of hydrogen-bond donors (Lipinski definition) is 2. The van der Waals surface area contributed by atoms with E-state index in [1.165, 1.54) is 16.4 Å². The molecular formula is C32H44N4O8S. The van der Waals surface area contributed by atoms with Gasteiger partial charge in [-0.25, -0.2) is 18.0 Å². The Morgan fingerprint density at radius 2 is 1.67 bits per heavy atom. The van der Waals surface area contributed by atoms with Gasteiger partial charge in [-0.2, -0.15) is 4.31 Å². The van der Waals surface area contributed by atoms with E-state index in [0.717, 1.165) is 18.7 Å². The van der Waals surface area contributed by atoms with Gasteiger partial charge in [-0.15, -0.1) is 0 Å². The number of sulfonamides is 1. The summed E-state index contributed by atoms with van der Waals surface area (Å²) in [5, 5.41) is 5.50. The summed E-state index contributed by atoms with van der Waals surface area (Å²) >= 11 is 0. The van der Waals surface area contributed by atoms with Crippen LogP contribution in [-0.2, 0) is 35.5 Å². The molecule has 0 bridgehead atoms. The number of morpholine rings is 1. The summed E-state index contributed by atoms with van der Waals surface area (Å²) in [5.74, 6) is -0.877. The van der Waals surface area contributed by atoms with Crippen molar-refractivity contribution < 1.29 is 37.0 Å². The third-order valence-electron chi connectivity index (χ3n) is 7.52. The van der Waals surface area contributed by atoms with Crippen molar-refractivity contribution in [1.82, 2.24) is 19.8 Å². The lowest BCUT2D eigenvalue weighted by molar-refractivity contribution is -0.158. The van der Waals surface area contributed by atoms with E-state index >= 15 is 0 Å². The third-order valence-corrected chi connectivity index (χ3v) is 9.44. The molecule has 2 heterocycles. The zero-order chi connectivity index (χ0) is 32.6. The van der Waals surface area contributed by atoms with Gasteiger partial charge < -0.3 is 24.8 Å². The number of esters is 1. The number of carbonyl (C=O) groups excluding carboxylic acids is 3. The molecule has 2 amide bonds. The minimum atomic E-state index is -3.92. The zero-order valence-electron chi connectivity index (χ0n) is 26.4. The highest BCUT2D eigenvalue weighted by Gasteiger charge is 2.41. The summed E-state index contributed by atoms with van der Waals surface area (Å²) in [4.78, 5) is 41.3. The molecule has 246 valence electrons. The predicted molar refractivity (Wildman–Crippen MR) is 167 cm³/mol. The van der Waals surface area contributed by atoms with Crippen LogP contribution in [0.4, 0.5) is 4.79 Å². The van der Waals surface area contributed by atoms with E-state index in [4.69, 9.17) is 14.2 Å². The number of nitrogens with zero attached hydrogens (tertiary/aromatic N) is 2. The van der Waals surface area contributed by atoms with Crippen LogP contribution >= 0.6 is 0 Å². The summed E-state index contributed by atoms with van der Waals surface area (Å²) in [6.45, 7) is 11.4. The minimum Gasteiger partial charge on any atom is -0.458 e. The standard InChI is InChI=1S/C32H44N4O8S/c1-23-7-13-26(14-8-23)45(40,41)36-16-5-6-28(36)29(37)34-27(30(38)44-32(2,3)4)22-24-9-11-25(12-10-24)43-31(39)33-15-17-35-18-20-42-21-19-35/h7-14,27-28H,5-6,15-22H2,1-4H3,(H,33,39)(H,34,37)/t27-,28-/m0/s1. The molecule has 2 aromatic carbocycles. The fourth-order valence-electron chi connectivity index (χ4n) is 5.18. The van der Waals surface area contributed by atoms with Crippen molar-refractivity contribution in [2.24, 2.45) is 0 Å². The van der Waals surface area contributed by atoms with Crippen LogP contribution in [0.15, 0.2) is 53.4 Å². The van der Waals surface area contributed by atoms with Crippen molar-refractivity contribution >= 4 is 28.0 Å². The number of carbonyl (C=O) groups is 3. The number of rotatable bonds is 11. The Balaban J connectivity index is 1.39. The van der Waals surface area contributed by atoms with E-state index in [2.05, 4.69) is 15.5 Å². The second-order valence-electron chi connectivity index (χ2n) is 12.3. The van der Waals surface area contributed by atoms with Gasteiger partial charge in [0.2, 0.25) is 15.9 Å². The van der Waals surface area contributed by atoms with Gasteiger partial charge in [-0.3, -0.25) is 9.69 Å². The summed E-state index contributed by atoms with van der Waals surface area (Å²) in [7, 11) is -3.92. The van der Waals surface area contributed by atoms with Gasteiger partial charge in [-0.1, -0.05) is 29.8 Å². The first-order valence-corrected chi connectivity index (χ1v) is 16.7. The lowest BCUT2D eigenvalue weighted by Crippen LogP contribution is -2.52. The smallest absolute Gasteiger partial charge is 0.412 e. The quantitative estimate of drug-likeness (QED) is 0.353. The molecule has 0 aliphatic carbocycles. The molecule has 12 nitrogen and oxygen atoms in total. The molecule has 0 aromatic heterocycles. The summed E-state index contributed by atoms with van der Waals surface area (Å²) in [5.41, 5.74) is 0.801. The molecule has 2 aliphatic heterocycles. The fourth-order valence-corrected chi connectivity index (χ4v) is 6.84. The SMILES string of the molecule is Cc1ccc(S(=O)(=O)N2CCC[C@H]2C(=O)N[C@@H](Cc2ccc(OC(=O)NCCN3CCOCC3)cc2)C(=O)OC(C)(C)C)cc1. The second kappa shape index (κ2) is 15.2. The average molecular weight is 645 g/mol. The van der Waals surface area contributed by atoms with Crippen LogP contribution in [0, 0.1) is 6.92 Å². The molecule has 0 radical (unpaired) electrons. The molecule has 13 heteroatoms. The van der Waals surface area contributed by atoms with Gasteiger partial charge in [0.05, 0.1) is 18.1 Å². The molecule has 0 saturated carbocycles. The van der Waals surface area contributed by atoms with Crippen molar-refractivity contribution in [3.63, 3.8) is 0 Å². The maximum Gasteiger partial charge on any atom is 0.412 e. The van der Waals surface area contributed by atoms with Crippen LogP contribution in [0.3, 0.4) is 0 Å². The van der Waals surface area contributed by atoms with Gasteiger partial charge in [0.25, 0.3) is 0 Å². The van der Waals surface area contributed by atoms with E-state index in [9.17, 15) is 22.8 Å². The third kappa shape index (κ3) is 9.98. The Morgan fingerprint density at radius 1 is 1.00 bits per heavy atom. The van der Waals surface area contributed by atoms with Gasteiger partial charge in [0.15, 0.2) is 0 Å². The first-order valence-electron chi connectivity index (χ1n) is 15.3. The topological polar surface area (TPSA) is 144 Å². The molecular weight excluding hydrogens is 600 g/mol. The van der Waals surface area contributed by atoms with Crippen LogP contribution in [0.2, 0.25) is 0 Å². The second-order valence-corrected chi connectivity index (χ2v) is 14.2. The Bertz CT molecular complexity index is 1420. The van der Waals surface area contributed by atoms with Crippen LogP contribution in [-0.4, -0.2) is 99.2 Å². The number of benzene rings is 2. The van der Waals surface area contributed by atoms with Gasteiger partial charge in [-0.05, 0) is 70.4 Å². The van der Waals surface area contributed by atoms with E-state index in [0.29, 0.717) is 50.5 Å². The maximum atomic E-state index is 13.5. The zero-order valence-corrected chi connectivity index (χ0v) is 27.2. The van der Waals surface area contributed by atoms with Crippen molar-refractivity contribution in [3.05, 3.63) is 59.7 Å². The summed E-state index contributed by atoms with van der Waals surface area (Å²) < 4.78 is 44.3. The predicted octanol–water partition coefficient (Wildman–Crippen LogP) is 2.64. The molecule has 0 unspecified atom stereocenters. The molecule has 2 atom stereocenters. The summed E-state index contributed by atoms with van der Waals surface area (Å²) in [6.07, 6.45) is 0.363. The normalized spacial score (nSPS) is 18.6. The van der Waals surface area contributed by atoms with E-state index < -0.39 is 45.7 Å². The molecule has 2 aliphatic rings. The molecule has 2 aromatic rings. The molecule has 4 rings (SSSR count). The highest BCUT2D eigenvalue weighted by molar-refractivity contribution is 7.89. The van der Waals surface area contributed by atoms with Crippen LogP contribution in [0.5, 0.6) is 5.75 Å². The molecule has 2 saturated heterocycles. The molecule has 0 spiro atoms. The Hall–Kier alpha value is -3.52. The number of amides is 2. The van der Waals surface area contributed by atoms with Crippen LogP contribution < -0.4 is 15.4 Å². The average Bonchev–Trinajstić information content (AvgIpc) is 3.49. The number of ether oxygens (including phenoxy) is 3. The Kier molecular flexibility index (Phi) is 11.6. The maximum absolute atomic E-state index is 13.5. The van der Waals surface area contributed by atoms with Crippen molar-refractivity contribution in [3.8, 4) is 5.75 Å². The first-order chi connectivity index (χ1) is 21.3. The lowest BCUT2D eigenvalue weighted by Gasteiger charge is -2.28. The van der Waals surface area contributed by atoms with Crippen LogP contribution in [0.25, 0.3) is 0 Å². The number of nitrogens with one attached hydrogen (secondary N) is 2. The monoisotopic (exact) mass is 644 g/mol. The molecule has 45 heavy (non-hydrogen) atoms. The fraction of sp³-hybridized carbons (Fsp3) is 0.531.